The summed E-state index contributed by atoms with van der Waals surface area (Å²) in [4.78, 5) is 2.56. The fourth-order valence-corrected chi connectivity index (χ4v) is 2.81. The first-order valence-electron chi connectivity index (χ1n) is 7.35. The normalized spacial score (nSPS) is 19.4. The Balaban J connectivity index is 2.21. The molecule has 0 aromatic heterocycles. The Labute approximate surface area is 108 Å². The van der Waals surface area contributed by atoms with Gasteiger partial charge in [0.2, 0.25) is 0 Å². The molecule has 1 unspecified atom stereocenters. The van der Waals surface area contributed by atoms with Gasteiger partial charge in [-0.1, -0.05) is 27.2 Å². The standard InChI is InChI=1S/C15H32N2/c1-15(2,3)13(10-11-16)7-6-12-17(4)14-8-5-9-14/h13-14H,5-12,16H2,1-4H3. The van der Waals surface area contributed by atoms with E-state index in [2.05, 4.69) is 32.7 Å². The van der Waals surface area contributed by atoms with Gasteiger partial charge in [-0.15, -0.1) is 0 Å². The summed E-state index contributed by atoms with van der Waals surface area (Å²) >= 11 is 0. The lowest BCUT2D eigenvalue weighted by atomic mass is 9.76. The average Bonchev–Trinajstić information content (AvgIpc) is 2.12. The number of nitrogens with zero attached hydrogens (tertiary/aromatic N) is 1. The van der Waals surface area contributed by atoms with Crippen molar-refractivity contribution >= 4 is 0 Å². The number of nitrogens with two attached hydrogens (primary N) is 1. The molecular weight excluding hydrogens is 208 g/mol. The highest BCUT2D eigenvalue weighted by molar-refractivity contribution is 4.79. The molecule has 0 radical (unpaired) electrons. The van der Waals surface area contributed by atoms with Crippen LogP contribution < -0.4 is 5.73 Å². The first-order chi connectivity index (χ1) is 7.95. The van der Waals surface area contributed by atoms with Crippen molar-refractivity contribution in [2.75, 3.05) is 20.1 Å². The second-order valence-electron chi connectivity index (χ2n) is 6.85. The van der Waals surface area contributed by atoms with Crippen molar-refractivity contribution in [2.24, 2.45) is 17.1 Å². The second kappa shape index (κ2) is 6.75. The van der Waals surface area contributed by atoms with Crippen LogP contribution in [-0.4, -0.2) is 31.1 Å². The van der Waals surface area contributed by atoms with E-state index in [0.717, 1.165) is 18.5 Å². The van der Waals surface area contributed by atoms with Crippen molar-refractivity contribution in [1.82, 2.24) is 4.90 Å². The lowest BCUT2D eigenvalue weighted by Gasteiger charge is -2.36. The van der Waals surface area contributed by atoms with Crippen molar-refractivity contribution in [3.8, 4) is 0 Å². The van der Waals surface area contributed by atoms with Crippen molar-refractivity contribution < 1.29 is 0 Å². The van der Waals surface area contributed by atoms with Crippen LogP contribution in [0.1, 0.15) is 59.3 Å². The average molecular weight is 240 g/mol. The third kappa shape index (κ3) is 4.97. The molecular formula is C15H32N2. The summed E-state index contributed by atoms with van der Waals surface area (Å²) in [5.41, 5.74) is 6.14. The maximum Gasteiger partial charge on any atom is 0.00922 e. The Morgan fingerprint density at radius 3 is 2.29 bits per heavy atom. The number of hydrogen-bond acceptors (Lipinski definition) is 2. The maximum absolute atomic E-state index is 5.73. The minimum Gasteiger partial charge on any atom is -0.330 e. The van der Waals surface area contributed by atoms with E-state index >= 15 is 0 Å². The summed E-state index contributed by atoms with van der Waals surface area (Å²) < 4.78 is 0. The summed E-state index contributed by atoms with van der Waals surface area (Å²) in [5.74, 6) is 0.780. The fourth-order valence-electron chi connectivity index (χ4n) is 2.81. The zero-order chi connectivity index (χ0) is 12.9. The molecule has 0 heterocycles. The fraction of sp³-hybridized carbons (Fsp3) is 1.00. The van der Waals surface area contributed by atoms with Crippen LogP contribution in [0, 0.1) is 11.3 Å². The predicted molar refractivity (Wildman–Crippen MR) is 76.1 cm³/mol. The van der Waals surface area contributed by atoms with E-state index in [1.807, 2.05) is 0 Å². The van der Waals surface area contributed by atoms with Gasteiger partial charge in [0.15, 0.2) is 0 Å². The van der Waals surface area contributed by atoms with Crippen LogP contribution in [0.4, 0.5) is 0 Å². The molecule has 17 heavy (non-hydrogen) atoms. The third-order valence-corrected chi connectivity index (χ3v) is 4.50. The maximum atomic E-state index is 5.73. The Bertz CT molecular complexity index is 203. The highest BCUT2D eigenvalue weighted by atomic mass is 15.1. The van der Waals surface area contributed by atoms with Gasteiger partial charge in [0.1, 0.15) is 0 Å². The van der Waals surface area contributed by atoms with Gasteiger partial charge in [0.25, 0.3) is 0 Å². The molecule has 2 heteroatoms. The SMILES string of the molecule is CN(CCCC(CCN)C(C)(C)C)C1CCC1. The zero-order valence-corrected chi connectivity index (χ0v) is 12.3. The summed E-state index contributed by atoms with van der Waals surface area (Å²) in [6, 6.07) is 0.887. The second-order valence-corrected chi connectivity index (χ2v) is 6.85. The quantitative estimate of drug-likeness (QED) is 0.740. The first kappa shape index (κ1) is 15.0. The topological polar surface area (TPSA) is 29.3 Å². The van der Waals surface area contributed by atoms with Crippen LogP contribution in [0.15, 0.2) is 0 Å². The predicted octanol–water partition coefficient (Wildman–Crippen LogP) is 3.26. The van der Waals surface area contributed by atoms with Crippen molar-refractivity contribution in [2.45, 2.75) is 65.3 Å². The molecule has 1 rings (SSSR count). The minimum absolute atomic E-state index is 0.411. The van der Waals surface area contributed by atoms with E-state index in [1.165, 1.54) is 45.1 Å². The molecule has 0 spiro atoms. The van der Waals surface area contributed by atoms with Crippen LogP contribution in [0.5, 0.6) is 0 Å². The van der Waals surface area contributed by atoms with Crippen LogP contribution >= 0.6 is 0 Å². The van der Waals surface area contributed by atoms with Gasteiger partial charge in [0.05, 0.1) is 0 Å². The first-order valence-corrected chi connectivity index (χ1v) is 7.35. The Kier molecular flexibility index (Phi) is 5.94. The van der Waals surface area contributed by atoms with Crippen molar-refractivity contribution in [3.63, 3.8) is 0 Å². The van der Waals surface area contributed by atoms with E-state index < -0.39 is 0 Å². The lowest BCUT2D eigenvalue weighted by molar-refractivity contribution is 0.144. The molecule has 0 aromatic carbocycles. The molecule has 0 aromatic rings. The molecule has 0 aliphatic heterocycles. The molecule has 102 valence electrons. The van der Waals surface area contributed by atoms with Gasteiger partial charge in [-0.3, -0.25) is 0 Å². The number of hydrogen-bond donors (Lipinski definition) is 1. The molecule has 1 aliphatic carbocycles. The minimum atomic E-state index is 0.411. The monoisotopic (exact) mass is 240 g/mol. The van der Waals surface area contributed by atoms with E-state index in [9.17, 15) is 0 Å². The summed E-state index contributed by atoms with van der Waals surface area (Å²) in [6.45, 7) is 9.15. The molecule has 1 atom stereocenters. The van der Waals surface area contributed by atoms with Crippen LogP contribution in [-0.2, 0) is 0 Å². The largest absolute Gasteiger partial charge is 0.330 e. The van der Waals surface area contributed by atoms with Gasteiger partial charge in [-0.2, -0.15) is 0 Å². The van der Waals surface area contributed by atoms with E-state index in [0.29, 0.717) is 5.41 Å². The molecule has 2 N–H and O–H groups in total. The van der Waals surface area contributed by atoms with Gasteiger partial charge >= 0.3 is 0 Å². The Morgan fingerprint density at radius 1 is 1.24 bits per heavy atom. The molecule has 0 saturated heterocycles. The summed E-state index contributed by atoms with van der Waals surface area (Å²) in [5, 5.41) is 0. The van der Waals surface area contributed by atoms with Crippen LogP contribution in [0.25, 0.3) is 0 Å². The number of rotatable bonds is 7. The molecule has 1 saturated carbocycles. The third-order valence-electron chi connectivity index (χ3n) is 4.50. The highest BCUT2D eigenvalue weighted by Crippen LogP contribution is 2.32. The smallest absolute Gasteiger partial charge is 0.00922 e. The van der Waals surface area contributed by atoms with Gasteiger partial charge in [-0.05, 0) is 63.6 Å². The Hall–Kier alpha value is -0.0800. The van der Waals surface area contributed by atoms with Crippen LogP contribution in [0.2, 0.25) is 0 Å². The van der Waals surface area contributed by atoms with Gasteiger partial charge < -0.3 is 10.6 Å². The van der Waals surface area contributed by atoms with Crippen molar-refractivity contribution in [1.29, 1.82) is 0 Å². The van der Waals surface area contributed by atoms with E-state index in [-0.39, 0.29) is 0 Å². The zero-order valence-electron chi connectivity index (χ0n) is 12.3. The van der Waals surface area contributed by atoms with Gasteiger partial charge in [0, 0.05) is 6.04 Å². The Morgan fingerprint density at radius 2 is 1.88 bits per heavy atom. The molecule has 0 amide bonds. The van der Waals surface area contributed by atoms with Gasteiger partial charge in [-0.25, -0.2) is 0 Å². The summed E-state index contributed by atoms with van der Waals surface area (Å²) in [6.07, 6.45) is 8.11. The molecule has 2 nitrogen and oxygen atoms in total. The lowest BCUT2D eigenvalue weighted by Crippen LogP contribution is -2.38. The van der Waals surface area contributed by atoms with Crippen molar-refractivity contribution in [3.05, 3.63) is 0 Å². The van der Waals surface area contributed by atoms with E-state index in [1.54, 1.807) is 0 Å². The van der Waals surface area contributed by atoms with E-state index in [4.69, 9.17) is 5.73 Å². The molecule has 0 bridgehead atoms. The summed E-state index contributed by atoms with van der Waals surface area (Å²) in [7, 11) is 2.29. The molecule has 1 aliphatic rings. The van der Waals surface area contributed by atoms with Crippen LogP contribution in [0.3, 0.4) is 0 Å². The highest BCUT2D eigenvalue weighted by Gasteiger charge is 2.25. The molecule has 1 fully saturated rings.